The summed E-state index contributed by atoms with van der Waals surface area (Å²) in [5.74, 6) is 0.650. The monoisotopic (exact) mass is 327 g/mol. The Morgan fingerprint density at radius 3 is 2.48 bits per heavy atom. The van der Waals surface area contributed by atoms with Crippen LogP contribution in [0.1, 0.15) is 11.5 Å². The zero-order valence-corrected chi connectivity index (χ0v) is 12.5. The smallest absolute Gasteiger partial charge is 0.269 e. The maximum absolute atomic E-state index is 10.6. The standard InChI is InChI=1S/C16H10ClN3O3/c17-14-4-2-1-3-13(14)16-19-18-15(23-16)10-7-11-5-8-12(9-6-11)20(21)22/h1-10H/b10-7+. The largest absolute Gasteiger partial charge is 0.417 e. The molecule has 0 aliphatic heterocycles. The van der Waals surface area contributed by atoms with Gasteiger partial charge in [0.1, 0.15) is 0 Å². The fourth-order valence-corrected chi connectivity index (χ4v) is 2.14. The first-order valence-corrected chi connectivity index (χ1v) is 7.02. The van der Waals surface area contributed by atoms with E-state index in [1.54, 1.807) is 36.4 Å². The Hall–Kier alpha value is -2.99. The van der Waals surface area contributed by atoms with Crippen molar-refractivity contribution in [1.82, 2.24) is 10.2 Å². The topological polar surface area (TPSA) is 82.1 Å². The number of aromatic nitrogens is 2. The Morgan fingerprint density at radius 2 is 1.78 bits per heavy atom. The minimum atomic E-state index is -0.443. The van der Waals surface area contributed by atoms with Gasteiger partial charge in [0.2, 0.25) is 11.8 Å². The van der Waals surface area contributed by atoms with Gasteiger partial charge in [-0.2, -0.15) is 0 Å². The summed E-state index contributed by atoms with van der Waals surface area (Å²) in [6, 6.07) is 13.3. The first-order chi connectivity index (χ1) is 11.1. The molecule has 0 N–H and O–H groups in total. The molecule has 0 bridgehead atoms. The summed E-state index contributed by atoms with van der Waals surface area (Å²) < 4.78 is 5.53. The van der Waals surface area contributed by atoms with Crippen molar-refractivity contribution in [1.29, 1.82) is 0 Å². The molecule has 1 aromatic heterocycles. The Kier molecular flexibility index (Phi) is 4.16. The van der Waals surface area contributed by atoms with E-state index in [1.807, 2.05) is 12.1 Å². The fourth-order valence-electron chi connectivity index (χ4n) is 1.92. The zero-order valence-electron chi connectivity index (χ0n) is 11.7. The van der Waals surface area contributed by atoms with Crippen LogP contribution in [0.2, 0.25) is 5.02 Å². The molecule has 0 spiro atoms. The second kappa shape index (κ2) is 6.41. The Bertz CT molecular complexity index is 872. The number of nitro benzene ring substituents is 1. The molecule has 3 aromatic rings. The number of nitrogens with zero attached hydrogens (tertiary/aromatic N) is 3. The van der Waals surface area contributed by atoms with Crippen molar-refractivity contribution in [2.45, 2.75) is 0 Å². The molecule has 0 atom stereocenters. The first-order valence-electron chi connectivity index (χ1n) is 6.64. The van der Waals surface area contributed by atoms with Crippen LogP contribution >= 0.6 is 11.6 Å². The molecule has 7 heteroatoms. The van der Waals surface area contributed by atoms with E-state index in [1.165, 1.54) is 12.1 Å². The van der Waals surface area contributed by atoms with E-state index in [4.69, 9.17) is 16.0 Å². The zero-order chi connectivity index (χ0) is 16.2. The molecule has 3 rings (SSSR count). The van der Waals surface area contributed by atoms with Gasteiger partial charge in [0.15, 0.2) is 0 Å². The van der Waals surface area contributed by atoms with Gasteiger partial charge in [-0.1, -0.05) is 23.7 Å². The second-order valence-electron chi connectivity index (χ2n) is 4.61. The lowest BCUT2D eigenvalue weighted by Crippen LogP contribution is -1.86. The fraction of sp³-hybridized carbons (Fsp3) is 0. The van der Waals surface area contributed by atoms with Crippen LogP contribution in [-0.2, 0) is 0 Å². The minimum absolute atomic E-state index is 0.0425. The van der Waals surface area contributed by atoms with Crippen molar-refractivity contribution >= 4 is 29.4 Å². The van der Waals surface area contributed by atoms with Gasteiger partial charge < -0.3 is 4.42 Å². The average Bonchev–Trinajstić information content (AvgIpc) is 3.02. The van der Waals surface area contributed by atoms with Crippen molar-refractivity contribution in [2.24, 2.45) is 0 Å². The molecular weight excluding hydrogens is 318 g/mol. The number of halogens is 1. The highest BCUT2D eigenvalue weighted by Gasteiger charge is 2.09. The summed E-state index contributed by atoms with van der Waals surface area (Å²) in [6.07, 6.45) is 3.36. The lowest BCUT2D eigenvalue weighted by Gasteiger charge is -1.96. The number of hydrogen-bond donors (Lipinski definition) is 0. The van der Waals surface area contributed by atoms with Crippen LogP contribution in [0.5, 0.6) is 0 Å². The van der Waals surface area contributed by atoms with Gasteiger partial charge >= 0.3 is 0 Å². The molecule has 23 heavy (non-hydrogen) atoms. The van der Waals surface area contributed by atoms with Crippen molar-refractivity contribution in [2.75, 3.05) is 0 Å². The quantitative estimate of drug-likeness (QED) is 0.521. The summed E-state index contributed by atoms with van der Waals surface area (Å²) in [7, 11) is 0. The van der Waals surface area contributed by atoms with Gasteiger partial charge in [0.25, 0.3) is 5.69 Å². The molecule has 0 saturated heterocycles. The van der Waals surface area contributed by atoms with Crippen LogP contribution < -0.4 is 0 Å². The molecule has 0 saturated carbocycles. The minimum Gasteiger partial charge on any atom is -0.417 e. The maximum atomic E-state index is 10.6. The lowest BCUT2D eigenvalue weighted by atomic mass is 10.2. The number of hydrogen-bond acceptors (Lipinski definition) is 5. The van der Waals surface area contributed by atoms with Gasteiger partial charge in [0.05, 0.1) is 15.5 Å². The molecule has 0 radical (unpaired) electrons. The maximum Gasteiger partial charge on any atom is 0.269 e. The number of non-ortho nitro benzene ring substituents is 1. The van der Waals surface area contributed by atoms with Crippen LogP contribution in [0.4, 0.5) is 5.69 Å². The molecule has 0 unspecified atom stereocenters. The van der Waals surface area contributed by atoms with Crippen LogP contribution in [-0.4, -0.2) is 15.1 Å². The third-order valence-corrected chi connectivity index (χ3v) is 3.40. The molecule has 2 aromatic carbocycles. The summed E-state index contributed by atoms with van der Waals surface area (Å²) in [5, 5.41) is 19.0. The Morgan fingerprint density at radius 1 is 1.04 bits per heavy atom. The van der Waals surface area contributed by atoms with E-state index >= 15 is 0 Å². The number of nitro groups is 1. The molecule has 0 amide bonds. The van der Waals surface area contributed by atoms with E-state index in [9.17, 15) is 10.1 Å². The van der Waals surface area contributed by atoms with E-state index in [0.717, 1.165) is 5.56 Å². The van der Waals surface area contributed by atoms with Crippen molar-refractivity contribution in [3.05, 3.63) is 75.1 Å². The SMILES string of the molecule is O=[N+]([O-])c1ccc(/C=C/c2nnc(-c3ccccc3Cl)o2)cc1. The van der Waals surface area contributed by atoms with Crippen LogP contribution in [0, 0.1) is 10.1 Å². The molecule has 0 aliphatic rings. The third-order valence-electron chi connectivity index (χ3n) is 3.07. The highest BCUT2D eigenvalue weighted by Crippen LogP contribution is 2.26. The van der Waals surface area contributed by atoms with Gasteiger partial charge in [-0.25, -0.2) is 0 Å². The van der Waals surface area contributed by atoms with E-state index < -0.39 is 4.92 Å². The average molecular weight is 328 g/mol. The molecule has 1 heterocycles. The normalized spacial score (nSPS) is 11.0. The highest BCUT2D eigenvalue weighted by atomic mass is 35.5. The van der Waals surface area contributed by atoms with E-state index in [0.29, 0.717) is 22.4 Å². The van der Waals surface area contributed by atoms with Crippen LogP contribution in [0.15, 0.2) is 52.9 Å². The van der Waals surface area contributed by atoms with Gasteiger partial charge in [-0.3, -0.25) is 10.1 Å². The summed E-state index contributed by atoms with van der Waals surface area (Å²) in [5.41, 5.74) is 1.49. The van der Waals surface area contributed by atoms with Gasteiger partial charge in [-0.05, 0) is 35.9 Å². The van der Waals surface area contributed by atoms with Gasteiger partial charge in [-0.15, -0.1) is 10.2 Å². The summed E-state index contributed by atoms with van der Waals surface area (Å²) in [4.78, 5) is 10.2. The predicted molar refractivity (Wildman–Crippen MR) is 86.8 cm³/mol. The Labute approximate surface area is 136 Å². The van der Waals surface area contributed by atoms with E-state index in [2.05, 4.69) is 10.2 Å². The predicted octanol–water partition coefficient (Wildman–Crippen LogP) is 4.47. The summed E-state index contributed by atoms with van der Waals surface area (Å²) in [6.45, 7) is 0. The van der Waals surface area contributed by atoms with Crippen molar-refractivity contribution < 1.29 is 9.34 Å². The molecule has 114 valence electrons. The number of rotatable bonds is 4. The van der Waals surface area contributed by atoms with Crippen LogP contribution in [0.3, 0.4) is 0 Å². The second-order valence-corrected chi connectivity index (χ2v) is 5.01. The van der Waals surface area contributed by atoms with Gasteiger partial charge in [0, 0.05) is 18.2 Å². The molecule has 6 nitrogen and oxygen atoms in total. The lowest BCUT2D eigenvalue weighted by molar-refractivity contribution is -0.384. The summed E-state index contributed by atoms with van der Waals surface area (Å²) >= 11 is 6.08. The van der Waals surface area contributed by atoms with Crippen molar-refractivity contribution in [3.8, 4) is 11.5 Å². The van der Waals surface area contributed by atoms with E-state index in [-0.39, 0.29) is 5.69 Å². The first kappa shape index (κ1) is 14.9. The van der Waals surface area contributed by atoms with Crippen LogP contribution in [0.25, 0.3) is 23.6 Å². The van der Waals surface area contributed by atoms with Crippen molar-refractivity contribution in [3.63, 3.8) is 0 Å². The molecule has 0 aliphatic carbocycles. The molecule has 0 fully saturated rings. The Balaban J connectivity index is 1.79. The highest BCUT2D eigenvalue weighted by molar-refractivity contribution is 6.33. The molecular formula is C16H10ClN3O3. The third kappa shape index (κ3) is 3.44. The number of benzene rings is 2.